The molecule has 24 heavy (non-hydrogen) atoms. The molecule has 0 N–H and O–H groups in total. The van der Waals surface area contributed by atoms with Crippen LogP contribution in [-0.2, 0) is 13.5 Å². The van der Waals surface area contributed by atoms with Gasteiger partial charge in [0.15, 0.2) is 0 Å². The molecular formula is C23H21N. The zero-order valence-corrected chi connectivity index (χ0v) is 14.2. The summed E-state index contributed by atoms with van der Waals surface area (Å²) in [7, 11) is 2.06. The fourth-order valence-corrected chi connectivity index (χ4v) is 3.22. The predicted octanol–water partition coefficient (Wildman–Crippen LogP) is 5.44. The second-order valence-electron chi connectivity index (χ2n) is 5.99. The van der Waals surface area contributed by atoms with Crippen LogP contribution >= 0.6 is 0 Å². The van der Waals surface area contributed by atoms with Crippen LogP contribution < -0.4 is 0 Å². The first-order valence-electron chi connectivity index (χ1n) is 8.12. The summed E-state index contributed by atoms with van der Waals surface area (Å²) in [6.45, 7) is 2.19. The van der Waals surface area contributed by atoms with Gasteiger partial charge in [-0.05, 0) is 58.5 Å². The van der Waals surface area contributed by atoms with Crippen LogP contribution in [0, 0.1) is 19.3 Å². The summed E-state index contributed by atoms with van der Waals surface area (Å²) in [5.74, 6) is 2.51. The number of benzene rings is 2. The Balaban J connectivity index is 2.16. The molecule has 3 rings (SSSR count). The van der Waals surface area contributed by atoms with Crippen LogP contribution in [0.25, 0.3) is 21.9 Å². The summed E-state index contributed by atoms with van der Waals surface area (Å²) in [6, 6.07) is 13.1. The van der Waals surface area contributed by atoms with Gasteiger partial charge in [0.05, 0.1) is 0 Å². The average molecular weight is 311 g/mol. The van der Waals surface area contributed by atoms with Crippen molar-refractivity contribution in [1.82, 2.24) is 4.57 Å². The minimum absolute atomic E-state index is 0.876. The van der Waals surface area contributed by atoms with Crippen LogP contribution in [0.2, 0.25) is 0 Å². The Bertz CT molecular complexity index is 961. The first-order chi connectivity index (χ1) is 11.7. The fraction of sp³-hybridized carbons (Fsp3) is 0.130. The number of allylic oxidation sites excluding steroid dienone is 4. The van der Waals surface area contributed by atoms with E-state index in [1.165, 1.54) is 33.0 Å². The van der Waals surface area contributed by atoms with Gasteiger partial charge in [0.25, 0.3) is 0 Å². The quantitative estimate of drug-likeness (QED) is 0.446. The fourth-order valence-electron chi connectivity index (χ4n) is 3.22. The maximum atomic E-state index is 5.25. The normalized spacial score (nSPS) is 11.5. The third kappa shape index (κ3) is 3.19. The van der Waals surface area contributed by atoms with E-state index in [0.29, 0.717) is 0 Å². The molecule has 0 saturated heterocycles. The zero-order valence-electron chi connectivity index (χ0n) is 14.2. The first-order valence-corrected chi connectivity index (χ1v) is 8.12. The van der Waals surface area contributed by atoms with E-state index in [1.807, 2.05) is 12.2 Å². The number of aryl methyl sites for hydroxylation is 2. The van der Waals surface area contributed by atoms with Gasteiger partial charge in [-0.25, -0.2) is 0 Å². The van der Waals surface area contributed by atoms with Gasteiger partial charge in [-0.2, -0.15) is 0 Å². The third-order valence-electron chi connectivity index (χ3n) is 4.24. The van der Waals surface area contributed by atoms with E-state index >= 15 is 0 Å². The number of terminal acetylenes is 1. The molecule has 2 aromatic carbocycles. The molecule has 0 atom stereocenters. The minimum atomic E-state index is 0.876. The van der Waals surface area contributed by atoms with Crippen LogP contribution in [0.3, 0.4) is 0 Å². The summed E-state index contributed by atoms with van der Waals surface area (Å²) in [5.41, 5.74) is 5.27. The van der Waals surface area contributed by atoms with E-state index in [-0.39, 0.29) is 0 Å². The van der Waals surface area contributed by atoms with Gasteiger partial charge in [-0.1, -0.05) is 54.5 Å². The van der Waals surface area contributed by atoms with Crippen molar-refractivity contribution < 1.29 is 0 Å². The SMILES string of the molecule is C#C/C=C\C=C/Cc1c(-c2ccn(C)c2)c(C)cc2ccccc12. The summed E-state index contributed by atoms with van der Waals surface area (Å²) in [5, 5.41) is 2.60. The number of hydrogen-bond acceptors (Lipinski definition) is 0. The number of aromatic nitrogens is 1. The van der Waals surface area contributed by atoms with Crippen molar-refractivity contribution in [3.63, 3.8) is 0 Å². The minimum Gasteiger partial charge on any atom is -0.357 e. The van der Waals surface area contributed by atoms with Gasteiger partial charge < -0.3 is 4.57 Å². The zero-order chi connectivity index (χ0) is 16.9. The summed E-state index contributed by atoms with van der Waals surface area (Å²) in [6.07, 6.45) is 18.2. The van der Waals surface area contributed by atoms with E-state index in [1.54, 1.807) is 6.08 Å². The lowest BCUT2D eigenvalue weighted by Crippen LogP contribution is -1.94. The molecule has 1 nitrogen and oxygen atoms in total. The molecule has 0 radical (unpaired) electrons. The molecule has 0 aliphatic heterocycles. The number of rotatable bonds is 4. The molecule has 0 unspecified atom stereocenters. The largest absolute Gasteiger partial charge is 0.357 e. The first kappa shape index (κ1) is 15.9. The van der Waals surface area contributed by atoms with E-state index in [9.17, 15) is 0 Å². The molecular weight excluding hydrogens is 290 g/mol. The lowest BCUT2D eigenvalue weighted by Gasteiger charge is -2.14. The van der Waals surface area contributed by atoms with Crippen LogP contribution in [0.15, 0.2) is 73.1 Å². The monoisotopic (exact) mass is 311 g/mol. The van der Waals surface area contributed by atoms with Crippen molar-refractivity contribution in [3.8, 4) is 23.5 Å². The highest BCUT2D eigenvalue weighted by atomic mass is 14.9. The lowest BCUT2D eigenvalue weighted by atomic mass is 9.89. The summed E-state index contributed by atoms with van der Waals surface area (Å²) >= 11 is 0. The van der Waals surface area contributed by atoms with Crippen molar-refractivity contribution in [1.29, 1.82) is 0 Å². The smallest absolute Gasteiger partial charge is 0.0111 e. The van der Waals surface area contributed by atoms with Crippen molar-refractivity contribution >= 4 is 10.8 Å². The molecule has 1 heteroatoms. The highest BCUT2D eigenvalue weighted by molar-refractivity contribution is 5.93. The second-order valence-corrected chi connectivity index (χ2v) is 5.99. The van der Waals surface area contributed by atoms with Gasteiger partial charge in [0.1, 0.15) is 0 Å². The standard InChI is InChI=1S/C23H21N/c1-4-5-6-7-8-13-22-21-12-10-9-11-19(21)16-18(2)23(22)20-14-15-24(3)17-20/h1,5-12,14-17H,13H2,2-3H3/b6-5-,8-7-. The molecule has 0 aliphatic rings. The van der Waals surface area contributed by atoms with Crippen molar-refractivity contribution in [2.45, 2.75) is 13.3 Å². The topological polar surface area (TPSA) is 4.93 Å². The Morgan fingerprint density at radius 2 is 2.00 bits per heavy atom. The molecule has 1 aromatic heterocycles. The third-order valence-corrected chi connectivity index (χ3v) is 4.24. The molecule has 0 bridgehead atoms. The van der Waals surface area contributed by atoms with Crippen LogP contribution in [0.4, 0.5) is 0 Å². The maximum Gasteiger partial charge on any atom is 0.0111 e. The second kappa shape index (κ2) is 7.06. The van der Waals surface area contributed by atoms with Gasteiger partial charge in [0, 0.05) is 19.4 Å². The molecule has 0 amide bonds. The predicted molar refractivity (Wildman–Crippen MR) is 104 cm³/mol. The number of fused-ring (bicyclic) bond motifs is 1. The molecule has 1 heterocycles. The summed E-state index contributed by atoms with van der Waals surface area (Å²) in [4.78, 5) is 0. The highest BCUT2D eigenvalue weighted by Gasteiger charge is 2.12. The molecule has 118 valence electrons. The Labute approximate surface area is 143 Å². The molecule has 3 aromatic rings. The molecule has 0 aliphatic carbocycles. The van der Waals surface area contributed by atoms with Crippen molar-refractivity contribution in [3.05, 3.63) is 84.2 Å². The Hall–Kier alpha value is -2.98. The lowest BCUT2D eigenvalue weighted by molar-refractivity contribution is 0.928. The van der Waals surface area contributed by atoms with E-state index in [4.69, 9.17) is 6.42 Å². The Kier molecular flexibility index (Phi) is 4.68. The van der Waals surface area contributed by atoms with Gasteiger partial charge in [-0.15, -0.1) is 6.42 Å². The molecule has 0 saturated carbocycles. The van der Waals surface area contributed by atoms with E-state index in [2.05, 4.69) is 79.3 Å². The van der Waals surface area contributed by atoms with Crippen LogP contribution in [0.5, 0.6) is 0 Å². The average Bonchev–Trinajstić information content (AvgIpc) is 3.00. The molecule has 0 fully saturated rings. The van der Waals surface area contributed by atoms with Crippen molar-refractivity contribution in [2.75, 3.05) is 0 Å². The van der Waals surface area contributed by atoms with E-state index < -0.39 is 0 Å². The van der Waals surface area contributed by atoms with Gasteiger partial charge in [0.2, 0.25) is 0 Å². The van der Waals surface area contributed by atoms with Gasteiger partial charge >= 0.3 is 0 Å². The molecule has 0 spiro atoms. The number of nitrogens with zero attached hydrogens (tertiary/aromatic N) is 1. The van der Waals surface area contributed by atoms with Gasteiger partial charge in [-0.3, -0.25) is 0 Å². The Morgan fingerprint density at radius 3 is 2.75 bits per heavy atom. The highest BCUT2D eigenvalue weighted by Crippen LogP contribution is 2.34. The number of hydrogen-bond donors (Lipinski definition) is 0. The van der Waals surface area contributed by atoms with Crippen LogP contribution in [0.1, 0.15) is 11.1 Å². The van der Waals surface area contributed by atoms with Crippen molar-refractivity contribution in [2.24, 2.45) is 7.05 Å². The maximum absolute atomic E-state index is 5.25. The van der Waals surface area contributed by atoms with Crippen LogP contribution in [-0.4, -0.2) is 4.57 Å². The summed E-state index contributed by atoms with van der Waals surface area (Å²) < 4.78 is 2.10. The van der Waals surface area contributed by atoms with E-state index in [0.717, 1.165) is 6.42 Å². The Morgan fingerprint density at radius 1 is 1.17 bits per heavy atom.